The topological polar surface area (TPSA) is 57.5 Å². The second-order valence-electron chi connectivity index (χ2n) is 7.28. The minimum Gasteiger partial charge on any atom is -0.493 e. The standard InChI is InChI=1S/C22H25N3O3/c1-2-4-17(5-3-1)26-11-8-22-24-18-14-20-21(28-13-12-27-20)15-19(18)25(22)16-6-9-23-10-7-16/h1-5,14-16,23H,6-13H2. The van der Waals surface area contributed by atoms with Gasteiger partial charge in [-0.25, -0.2) is 4.98 Å². The van der Waals surface area contributed by atoms with Gasteiger partial charge in [0.05, 0.1) is 17.6 Å². The summed E-state index contributed by atoms with van der Waals surface area (Å²) in [5, 5.41) is 3.46. The predicted octanol–water partition coefficient (Wildman–Crippen LogP) is 3.35. The van der Waals surface area contributed by atoms with E-state index in [1.165, 1.54) is 0 Å². The Labute approximate surface area is 164 Å². The van der Waals surface area contributed by atoms with Crippen molar-refractivity contribution in [3.63, 3.8) is 0 Å². The molecule has 0 aliphatic carbocycles. The number of piperidine rings is 1. The minimum absolute atomic E-state index is 0.445. The van der Waals surface area contributed by atoms with Crippen LogP contribution >= 0.6 is 0 Å². The smallest absolute Gasteiger partial charge is 0.163 e. The molecule has 2 aliphatic rings. The molecule has 3 heterocycles. The van der Waals surface area contributed by atoms with E-state index in [1.807, 2.05) is 36.4 Å². The summed E-state index contributed by atoms with van der Waals surface area (Å²) in [6, 6.07) is 14.5. The molecule has 2 aliphatic heterocycles. The predicted molar refractivity (Wildman–Crippen MR) is 108 cm³/mol. The van der Waals surface area contributed by atoms with Crippen LogP contribution in [0.5, 0.6) is 17.2 Å². The molecule has 1 N–H and O–H groups in total. The Morgan fingerprint density at radius 3 is 2.57 bits per heavy atom. The third-order valence-electron chi connectivity index (χ3n) is 5.44. The first kappa shape index (κ1) is 17.4. The second kappa shape index (κ2) is 7.72. The number of para-hydroxylation sites is 1. The lowest BCUT2D eigenvalue weighted by molar-refractivity contribution is 0.172. The number of benzene rings is 2. The van der Waals surface area contributed by atoms with Gasteiger partial charge in [-0.05, 0) is 38.1 Å². The van der Waals surface area contributed by atoms with Gasteiger partial charge >= 0.3 is 0 Å². The number of aromatic nitrogens is 2. The molecule has 0 saturated carbocycles. The van der Waals surface area contributed by atoms with Gasteiger partial charge in [-0.1, -0.05) is 18.2 Å². The molecule has 3 aromatic rings. The van der Waals surface area contributed by atoms with Crippen LogP contribution in [0.4, 0.5) is 0 Å². The second-order valence-corrected chi connectivity index (χ2v) is 7.28. The highest BCUT2D eigenvalue weighted by atomic mass is 16.6. The number of nitrogens with zero attached hydrogens (tertiary/aromatic N) is 2. The van der Waals surface area contributed by atoms with Crippen LogP contribution in [0.15, 0.2) is 42.5 Å². The lowest BCUT2D eigenvalue weighted by Crippen LogP contribution is -2.30. The fourth-order valence-corrected chi connectivity index (χ4v) is 4.11. The minimum atomic E-state index is 0.445. The molecule has 1 aromatic heterocycles. The van der Waals surface area contributed by atoms with E-state index in [2.05, 4.69) is 16.0 Å². The number of nitrogens with one attached hydrogen (secondary N) is 1. The van der Waals surface area contributed by atoms with Crippen molar-refractivity contribution in [2.24, 2.45) is 0 Å². The van der Waals surface area contributed by atoms with Crippen LogP contribution in [0.3, 0.4) is 0 Å². The van der Waals surface area contributed by atoms with Gasteiger partial charge in [0.2, 0.25) is 0 Å². The van der Waals surface area contributed by atoms with Gasteiger partial charge in [0.15, 0.2) is 11.5 Å². The maximum absolute atomic E-state index is 5.93. The Morgan fingerprint density at radius 1 is 1.04 bits per heavy atom. The lowest BCUT2D eigenvalue weighted by Gasteiger charge is -2.27. The average Bonchev–Trinajstić information content (AvgIpc) is 3.10. The highest BCUT2D eigenvalue weighted by molar-refractivity contribution is 5.81. The zero-order valence-corrected chi connectivity index (χ0v) is 15.9. The molecular formula is C22H25N3O3. The summed E-state index contributed by atoms with van der Waals surface area (Å²) in [6.45, 7) is 3.86. The van der Waals surface area contributed by atoms with Gasteiger partial charge < -0.3 is 24.1 Å². The molecular weight excluding hydrogens is 354 g/mol. The molecule has 1 fully saturated rings. The summed E-state index contributed by atoms with van der Waals surface area (Å²) in [5.74, 6) is 3.58. The maximum atomic E-state index is 5.93. The van der Waals surface area contributed by atoms with Gasteiger partial charge in [-0.3, -0.25) is 0 Å². The molecule has 0 radical (unpaired) electrons. The van der Waals surface area contributed by atoms with Gasteiger partial charge in [-0.15, -0.1) is 0 Å². The fraction of sp³-hybridized carbons (Fsp3) is 0.409. The van der Waals surface area contributed by atoms with E-state index in [1.54, 1.807) is 0 Å². The van der Waals surface area contributed by atoms with E-state index in [9.17, 15) is 0 Å². The highest BCUT2D eigenvalue weighted by Gasteiger charge is 2.23. The zero-order chi connectivity index (χ0) is 18.8. The monoisotopic (exact) mass is 379 g/mol. The molecule has 0 unspecified atom stereocenters. The molecule has 0 spiro atoms. The van der Waals surface area contributed by atoms with Crippen molar-refractivity contribution >= 4 is 11.0 Å². The quantitative estimate of drug-likeness (QED) is 0.737. The van der Waals surface area contributed by atoms with Gasteiger partial charge in [-0.2, -0.15) is 0 Å². The Bertz CT molecular complexity index is 949. The van der Waals surface area contributed by atoms with Crippen molar-refractivity contribution < 1.29 is 14.2 Å². The Hall–Kier alpha value is -2.73. The summed E-state index contributed by atoms with van der Waals surface area (Å²) >= 11 is 0. The Kier molecular flexibility index (Phi) is 4.79. The molecule has 6 nitrogen and oxygen atoms in total. The van der Waals surface area contributed by atoms with Crippen molar-refractivity contribution in [1.82, 2.24) is 14.9 Å². The molecule has 146 valence electrons. The van der Waals surface area contributed by atoms with Crippen molar-refractivity contribution in [3.05, 3.63) is 48.3 Å². The van der Waals surface area contributed by atoms with Gasteiger partial charge in [0.1, 0.15) is 24.8 Å². The summed E-state index contributed by atoms with van der Waals surface area (Å²) in [4.78, 5) is 4.95. The zero-order valence-electron chi connectivity index (χ0n) is 15.9. The van der Waals surface area contributed by atoms with E-state index >= 15 is 0 Å². The normalized spacial score (nSPS) is 17.0. The third-order valence-corrected chi connectivity index (χ3v) is 5.44. The molecule has 1 saturated heterocycles. The number of ether oxygens (including phenoxy) is 3. The lowest BCUT2D eigenvalue weighted by atomic mass is 10.1. The first-order valence-electron chi connectivity index (χ1n) is 10.1. The Balaban J connectivity index is 1.47. The van der Waals surface area contributed by atoms with E-state index < -0.39 is 0 Å². The number of rotatable bonds is 5. The van der Waals surface area contributed by atoms with Crippen molar-refractivity contribution in [3.8, 4) is 17.2 Å². The number of imidazole rings is 1. The van der Waals surface area contributed by atoms with Crippen LogP contribution in [-0.4, -0.2) is 42.5 Å². The SMILES string of the molecule is c1ccc(OCCc2nc3cc4c(cc3n2C2CCNCC2)OCCO4)cc1. The molecule has 0 amide bonds. The van der Waals surface area contributed by atoms with E-state index in [4.69, 9.17) is 19.2 Å². The Morgan fingerprint density at radius 2 is 1.79 bits per heavy atom. The van der Waals surface area contributed by atoms with E-state index in [0.29, 0.717) is 25.9 Å². The van der Waals surface area contributed by atoms with Crippen molar-refractivity contribution in [2.75, 3.05) is 32.9 Å². The van der Waals surface area contributed by atoms with Gasteiger partial charge in [0.25, 0.3) is 0 Å². The average molecular weight is 379 g/mol. The molecule has 0 bridgehead atoms. The summed E-state index contributed by atoms with van der Waals surface area (Å²) in [5.41, 5.74) is 2.10. The van der Waals surface area contributed by atoms with Crippen LogP contribution in [0.1, 0.15) is 24.7 Å². The summed E-state index contributed by atoms with van der Waals surface area (Å²) in [7, 11) is 0. The highest BCUT2D eigenvalue weighted by Crippen LogP contribution is 2.37. The first-order valence-corrected chi connectivity index (χ1v) is 10.1. The van der Waals surface area contributed by atoms with Gasteiger partial charge in [0, 0.05) is 24.6 Å². The third kappa shape index (κ3) is 3.40. The maximum Gasteiger partial charge on any atom is 0.163 e. The summed E-state index contributed by atoms with van der Waals surface area (Å²) < 4.78 is 19.9. The van der Waals surface area contributed by atoms with E-state index in [-0.39, 0.29) is 0 Å². The molecule has 28 heavy (non-hydrogen) atoms. The van der Waals surface area contributed by atoms with Crippen LogP contribution in [-0.2, 0) is 6.42 Å². The van der Waals surface area contributed by atoms with Crippen LogP contribution in [0, 0.1) is 0 Å². The molecule has 0 atom stereocenters. The fourth-order valence-electron chi connectivity index (χ4n) is 4.11. The summed E-state index contributed by atoms with van der Waals surface area (Å²) in [6.07, 6.45) is 2.97. The molecule has 5 rings (SSSR count). The van der Waals surface area contributed by atoms with E-state index in [0.717, 1.165) is 66.5 Å². The van der Waals surface area contributed by atoms with Crippen LogP contribution in [0.25, 0.3) is 11.0 Å². The number of fused-ring (bicyclic) bond motifs is 2. The van der Waals surface area contributed by atoms with Crippen LogP contribution < -0.4 is 19.5 Å². The molecule has 2 aromatic carbocycles. The first-order chi connectivity index (χ1) is 13.9. The van der Waals surface area contributed by atoms with Crippen molar-refractivity contribution in [1.29, 1.82) is 0 Å². The largest absolute Gasteiger partial charge is 0.493 e. The van der Waals surface area contributed by atoms with Crippen LogP contribution in [0.2, 0.25) is 0 Å². The van der Waals surface area contributed by atoms with Crippen molar-refractivity contribution in [2.45, 2.75) is 25.3 Å². The number of hydrogen-bond donors (Lipinski definition) is 1. The molecule has 6 heteroatoms. The number of hydrogen-bond acceptors (Lipinski definition) is 5.